The number of pyridine rings is 1. The Kier molecular flexibility index (Phi) is 4.80. The van der Waals surface area contributed by atoms with Crippen molar-refractivity contribution >= 4 is 40.1 Å². The molecule has 1 aliphatic heterocycles. The van der Waals surface area contributed by atoms with Crippen molar-refractivity contribution in [3.05, 3.63) is 46.1 Å². The first-order chi connectivity index (χ1) is 12.9. The molecule has 1 saturated heterocycles. The van der Waals surface area contributed by atoms with Gasteiger partial charge in [0.1, 0.15) is 0 Å². The topological polar surface area (TPSA) is 54.3 Å². The highest BCUT2D eigenvalue weighted by Crippen LogP contribution is 2.32. The highest BCUT2D eigenvalue weighted by atomic mass is 35.5. The van der Waals surface area contributed by atoms with Crippen molar-refractivity contribution in [2.45, 2.75) is 0 Å². The molecule has 140 valence electrons. The van der Waals surface area contributed by atoms with E-state index in [1.54, 1.807) is 29.1 Å². The van der Waals surface area contributed by atoms with E-state index >= 15 is 0 Å². The Morgan fingerprint density at radius 1 is 1.07 bits per heavy atom. The number of benzene rings is 1. The van der Waals surface area contributed by atoms with Gasteiger partial charge in [-0.25, -0.2) is 4.98 Å². The van der Waals surface area contributed by atoms with Crippen molar-refractivity contribution < 1.29 is 4.79 Å². The van der Waals surface area contributed by atoms with E-state index < -0.39 is 0 Å². The smallest absolute Gasteiger partial charge is 0.254 e. The number of aryl methyl sites for hydroxylation is 1. The van der Waals surface area contributed by atoms with Crippen molar-refractivity contribution in [3.63, 3.8) is 0 Å². The molecule has 1 aliphatic rings. The third-order valence-electron chi connectivity index (χ3n) is 4.93. The molecule has 3 heterocycles. The lowest BCUT2D eigenvalue weighted by atomic mass is 10.1. The Morgan fingerprint density at radius 2 is 1.81 bits per heavy atom. The lowest BCUT2D eigenvalue weighted by Gasteiger charge is -2.32. The van der Waals surface area contributed by atoms with Gasteiger partial charge in [0.05, 0.1) is 27.9 Å². The molecule has 0 aliphatic carbocycles. The van der Waals surface area contributed by atoms with Crippen LogP contribution in [-0.4, -0.2) is 63.7 Å². The van der Waals surface area contributed by atoms with Crippen LogP contribution in [0.3, 0.4) is 0 Å². The number of carbonyl (C=O) groups excluding carboxylic acids is 1. The van der Waals surface area contributed by atoms with Gasteiger partial charge < -0.3 is 9.80 Å². The zero-order valence-electron chi connectivity index (χ0n) is 15.1. The summed E-state index contributed by atoms with van der Waals surface area (Å²) in [6, 6.07) is 7.06. The fraction of sp³-hybridized carbons (Fsp3) is 0.316. The maximum atomic E-state index is 13.2. The molecule has 1 amide bonds. The molecule has 0 saturated carbocycles. The van der Waals surface area contributed by atoms with Crippen molar-refractivity contribution in [2.75, 3.05) is 33.2 Å². The number of likely N-dealkylation sites (N-methyl/N-ethyl adjacent to an activating group) is 1. The van der Waals surface area contributed by atoms with Crippen LogP contribution in [0.5, 0.6) is 0 Å². The SMILES string of the molecule is CN1CCN(C(=O)c2cc(-c3ccc(Cl)cc3Cl)nc3c2cnn3C)CC1. The van der Waals surface area contributed by atoms with Gasteiger partial charge in [0.25, 0.3) is 5.91 Å². The highest BCUT2D eigenvalue weighted by molar-refractivity contribution is 6.36. The molecule has 0 spiro atoms. The number of halogens is 2. The molecular formula is C19H19Cl2N5O. The lowest BCUT2D eigenvalue weighted by Crippen LogP contribution is -2.47. The molecule has 1 fully saturated rings. The second-order valence-electron chi connectivity index (χ2n) is 6.78. The average molecular weight is 404 g/mol. The molecule has 6 nitrogen and oxygen atoms in total. The summed E-state index contributed by atoms with van der Waals surface area (Å²) in [6.45, 7) is 3.14. The highest BCUT2D eigenvalue weighted by Gasteiger charge is 2.24. The zero-order valence-corrected chi connectivity index (χ0v) is 16.6. The van der Waals surface area contributed by atoms with Gasteiger partial charge in [-0.05, 0) is 31.3 Å². The van der Waals surface area contributed by atoms with Crippen LogP contribution in [0.25, 0.3) is 22.3 Å². The summed E-state index contributed by atoms with van der Waals surface area (Å²) in [4.78, 5) is 22.0. The number of amides is 1. The Morgan fingerprint density at radius 3 is 2.52 bits per heavy atom. The number of hydrogen-bond acceptors (Lipinski definition) is 4. The molecule has 0 unspecified atom stereocenters. The van der Waals surface area contributed by atoms with Crippen LogP contribution >= 0.6 is 23.2 Å². The van der Waals surface area contributed by atoms with E-state index in [0.717, 1.165) is 24.0 Å². The van der Waals surface area contributed by atoms with Crippen LogP contribution in [0, 0.1) is 0 Å². The van der Waals surface area contributed by atoms with E-state index in [1.807, 2.05) is 18.0 Å². The summed E-state index contributed by atoms with van der Waals surface area (Å²) in [6.07, 6.45) is 1.69. The Labute approximate surface area is 167 Å². The lowest BCUT2D eigenvalue weighted by molar-refractivity contribution is 0.0666. The van der Waals surface area contributed by atoms with Crippen molar-refractivity contribution in [1.29, 1.82) is 0 Å². The summed E-state index contributed by atoms with van der Waals surface area (Å²) in [7, 11) is 3.88. The minimum absolute atomic E-state index is 0.00478. The fourth-order valence-corrected chi connectivity index (χ4v) is 3.81. The fourth-order valence-electron chi connectivity index (χ4n) is 3.31. The molecule has 0 bridgehead atoms. The van der Waals surface area contributed by atoms with Gasteiger partial charge in [-0.1, -0.05) is 23.2 Å². The van der Waals surface area contributed by atoms with E-state index in [0.29, 0.717) is 40.0 Å². The largest absolute Gasteiger partial charge is 0.336 e. The monoisotopic (exact) mass is 403 g/mol. The van der Waals surface area contributed by atoms with Crippen LogP contribution in [0.1, 0.15) is 10.4 Å². The first kappa shape index (κ1) is 18.2. The van der Waals surface area contributed by atoms with E-state index in [4.69, 9.17) is 23.2 Å². The van der Waals surface area contributed by atoms with Crippen LogP contribution in [0.4, 0.5) is 0 Å². The molecule has 4 rings (SSSR count). The van der Waals surface area contributed by atoms with Crippen LogP contribution < -0.4 is 0 Å². The maximum Gasteiger partial charge on any atom is 0.254 e. The minimum Gasteiger partial charge on any atom is -0.336 e. The van der Waals surface area contributed by atoms with Crippen LogP contribution in [-0.2, 0) is 7.05 Å². The summed E-state index contributed by atoms with van der Waals surface area (Å²) in [5, 5.41) is 6.08. The molecule has 0 atom stereocenters. The van der Waals surface area contributed by atoms with Crippen LogP contribution in [0.15, 0.2) is 30.5 Å². The van der Waals surface area contributed by atoms with E-state index in [1.165, 1.54) is 0 Å². The molecule has 3 aromatic rings. The first-order valence-electron chi connectivity index (χ1n) is 8.70. The van der Waals surface area contributed by atoms with Crippen molar-refractivity contribution in [1.82, 2.24) is 24.6 Å². The number of aromatic nitrogens is 3. The molecule has 2 aromatic heterocycles. The number of piperazine rings is 1. The number of carbonyl (C=O) groups is 1. The minimum atomic E-state index is -0.00478. The number of fused-ring (bicyclic) bond motifs is 1. The summed E-state index contributed by atoms with van der Waals surface area (Å²) in [5.74, 6) is -0.00478. The van der Waals surface area contributed by atoms with Crippen molar-refractivity contribution in [3.8, 4) is 11.3 Å². The molecule has 0 radical (unpaired) electrons. The summed E-state index contributed by atoms with van der Waals surface area (Å²) in [5.41, 5.74) is 2.61. The van der Waals surface area contributed by atoms with Gasteiger partial charge in [-0.3, -0.25) is 9.48 Å². The maximum absolute atomic E-state index is 13.2. The van der Waals surface area contributed by atoms with E-state index in [-0.39, 0.29) is 5.91 Å². The Bertz CT molecular complexity index is 1020. The van der Waals surface area contributed by atoms with Gasteiger partial charge in [0, 0.05) is 43.8 Å². The van der Waals surface area contributed by atoms with E-state index in [9.17, 15) is 4.79 Å². The Hall–Kier alpha value is -2.15. The van der Waals surface area contributed by atoms with Crippen molar-refractivity contribution in [2.24, 2.45) is 7.05 Å². The van der Waals surface area contributed by atoms with Gasteiger partial charge in [-0.2, -0.15) is 5.10 Å². The second-order valence-corrected chi connectivity index (χ2v) is 7.62. The van der Waals surface area contributed by atoms with Crippen LogP contribution in [0.2, 0.25) is 10.0 Å². The summed E-state index contributed by atoms with van der Waals surface area (Å²) >= 11 is 12.4. The Balaban J connectivity index is 1.83. The molecule has 0 N–H and O–H groups in total. The quantitative estimate of drug-likeness (QED) is 0.658. The molecule has 27 heavy (non-hydrogen) atoms. The van der Waals surface area contributed by atoms with Gasteiger partial charge in [0.2, 0.25) is 0 Å². The third kappa shape index (κ3) is 3.40. The zero-order chi connectivity index (χ0) is 19.1. The summed E-state index contributed by atoms with van der Waals surface area (Å²) < 4.78 is 1.67. The normalized spacial score (nSPS) is 15.5. The predicted octanol–water partition coefficient (Wildman–Crippen LogP) is 3.33. The second kappa shape index (κ2) is 7.11. The standard InChI is InChI=1S/C19H19Cl2N5O/c1-24-5-7-26(8-6-24)19(27)14-10-17(13-4-3-12(20)9-16(13)21)23-18-15(14)11-22-25(18)2/h3-4,9-11H,5-8H2,1-2H3. The van der Waals surface area contributed by atoms with Gasteiger partial charge in [0.15, 0.2) is 5.65 Å². The number of rotatable bonds is 2. The molecule has 8 heteroatoms. The first-order valence-corrected chi connectivity index (χ1v) is 9.45. The number of hydrogen-bond donors (Lipinski definition) is 0. The molecular weight excluding hydrogens is 385 g/mol. The average Bonchev–Trinajstić information content (AvgIpc) is 3.02. The third-order valence-corrected chi connectivity index (χ3v) is 5.48. The number of nitrogens with zero attached hydrogens (tertiary/aromatic N) is 5. The van der Waals surface area contributed by atoms with E-state index in [2.05, 4.69) is 22.0 Å². The van der Waals surface area contributed by atoms with Gasteiger partial charge >= 0.3 is 0 Å². The predicted molar refractivity (Wildman–Crippen MR) is 107 cm³/mol. The van der Waals surface area contributed by atoms with Gasteiger partial charge in [-0.15, -0.1) is 0 Å². The molecule has 1 aromatic carbocycles.